The fourth-order valence-electron chi connectivity index (χ4n) is 4.21. The van der Waals surface area contributed by atoms with E-state index in [-0.39, 0.29) is 22.5 Å². The molecule has 1 aliphatic heterocycles. The molecule has 41 heavy (non-hydrogen) atoms. The van der Waals surface area contributed by atoms with Crippen molar-refractivity contribution in [3.05, 3.63) is 96.3 Å². The Kier molecular flexibility index (Phi) is 8.31. The number of hydrogen-bond donors (Lipinski definition) is 1. The van der Waals surface area contributed by atoms with Crippen LogP contribution in [0, 0.1) is 0 Å². The maximum absolute atomic E-state index is 16.1. The van der Waals surface area contributed by atoms with Crippen LogP contribution < -0.4 is 5.32 Å². The molecular weight excluding hydrogens is 556 g/mol. The first-order valence-electron chi connectivity index (χ1n) is 12.3. The number of benzene rings is 2. The van der Waals surface area contributed by atoms with Crippen LogP contribution in [0.15, 0.2) is 85.2 Å². The van der Waals surface area contributed by atoms with Gasteiger partial charge in [-0.3, -0.25) is 13.9 Å². The molecule has 3 heterocycles. The standard InChI is InChI=1S/C27H25FN5O7P/c1-37-41(36,38-2)14-13-19-22(40-27(35)18-11-7-4-8-12-18)20(28)26(39-19)33-16-31-21-23(29-15-30-24(21)33)32-25(34)17-9-5-3-6-10-17/h3-16,19-20,22,26H,1-2H3,(H,29,30,32,34)/b14-13+/t19-,20-,22-,26?/m1/s1. The SMILES string of the molecule is COP(=O)(/C=C/[C@H]1OC(n2cnc3c(NC(=O)c4ccccc4)ncnc32)[C@H](F)[C@@H]1OC(=O)c1ccccc1)OC. The van der Waals surface area contributed by atoms with Gasteiger partial charge in [0.15, 0.2) is 35.5 Å². The van der Waals surface area contributed by atoms with Crippen LogP contribution in [-0.2, 0) is 23.1 Å². The lowest BCUT2D eigenvalue weighted by atomic mass is 10.1. The van der Waals surface area contributed by atoms with Crippen LogP contribution in [0.2, 0.25) is 0 Å². The van der Waals surface area contributed by atoms with Crippen molar-refractivity contribution in [3.63, 3.8) is 0 Å². The summed E-state index contributed by atoms with van der Waals surface area (Å²) in [5.74, 6) is 0.0352. The van der Waals surface area contributed by atoms with Gasteiger partial charge in [0.05, 0.1) is 11.9 Å². The topological polar surface area (TPSA) is 144 Å². The molecule has 4 aromatic rings. The molecule has 4 atom stereocenters. The molecular formula is C27H25FN5O7P. The number of imidazole rings is 1. The molecule has 0 radical (unpaired) electrons. The molecule has 14 heteroatoms. The first kappa shape index (κ1) is 28.2. The third-order valence-corrected chi connectivity index (χ3v) is 7.88. The molecule has 1 saturated heterocycles. The van der Waals surface area contributed by atoms with Gasteiger partial charge in [-0.15, -0.1) is 0 Å². The monoisotopic (exact) mass is 581 g/mol. The molecule has 5 rings (SSSR count). The van der Waals surface area contributed by atoms with Gasteiger partial charge >= 0.3 is 13.6 Å². The number of aromatic nitrogens is 4. The van der Waals surface area contributed by atoms with Crippen molar-refractivity contribution in [2.75, 3.05) is 19.5 Å². The van der Waals surface area contributed by atoms with Gasteiger partial charge in [0.1, 0.15) is 12.4 Å². The number of halogens is 1. The van der Waals surface area contributed by atoms with Crippen LogP contribution in [0.25, 0.3) is 11.2 Å². The maximum Gasteiger partial charge on any atom is 0.353 e. The minimum Gasteiger partial charge on any atom is -0.452 e. The third kappa shape index (κ3) is 5.93. The van der Waals surface area contributed by atoms with E-state index in [1.54, 1.807) is 48.5 Å². The molecule has 1 fully saturated rings. The zero-order chi connectivity index (χ0) is 29.0. The van der Waals surface area contributed by atoms with E-state index in [1.165, 1.54) is 49.7 Å². The number of amides is 1. The summed E-state index contributed by atoms with van der Waals surface area (Å²) < 4.78 is 51.3. The average molecular weight is 581 g/mol. The zero-order valence-corrected chi connectivity index (χ0v) is 22.8. The summed E-state index contributed by atoms with van der Waals surface area (Å²) in [6, 6.07) is 16.6. The number of esters is 1. The van der Waals surface area contributed by atoms with E-state index in [2.05, 4.69) is 20.3 Å². The summed E-state index contributed by atoms with van der Waals surface area (Å²) in [6.07, 6.45) is -2.15. The fraction of sp³-hybridized carbons (Fsp3) is 0.222. The van der Waals surface area contributed by atoms with E-state index < -0.39 is 44.1 Å². The molecule has 0 spiro atoms. The fourth-order valence-corrected chi connectivity index (χ4v) is 4.99. The van der Waals surface area contributed by atoms with Crippen molar-refractivity contribution in [2.24, 2.45) is 0 Å². The van der Waals surface area contributed by atoms with Gasteiger partial charge in [0, 0.05) is 25.6 Å². The largest absolute Gasteiger partial charge is 0.452 e. The maximum atomic E-state index is 16.1. The minimum absolute atomic E-state index is 0.112. The highest BCUT2D eigenvalue weighted by Crippen LogP contribution is 2.49. The lowest BCUT2D eigenvalue weighted by molar-refractivity contribution is -0.00671. The van der Waals surface area contributed by atoms with Crippen LogP contribution in [0.4, 0.5) is 10.2 Å². The highest BCUT2D eigenvalue weighted by atomic mass is 31.2. The molecule has 12 nitrogen and oxygen atoms in total. The Morgan fingerprint density at radius 2 is 1.66 bits per heavy atom. The number of anilines is 1. The first-order valence-corrected chi connectivity index (χ1v) is 13.9. The smallest absolute Gasteiger partial charge is 0.353 e. The van der Waals surface area contributed by atoms with Crippen molar-refractivity contribution in [1.82, 2.24) is 19.5 Å². The van der Waals surface area contributed by atoms with E-state index in [0.717, 1.165) is 5.82 Å². The number of ether oxygens (including phenoxy) is 2. The Balaban J connectivity index is 1.45. The third-order valence-electron chi connectivity index (χ3n) is 6.33. The Bertz CT molecular complexity index is 1610. The summed E-state index contributed by atoms with van der Waals surface area (Å²) >= 11 is 0. The number of nitrogens with zero attached hydrogens (tertiary/aromatic N) is 4. The number of fused-ring (bicyclic) bond motifs is 1. The van der Waals surface area contributed by atoms with Crippen molar-refractivity contribution in [1.29, 1.82) is 0 Å². The van der Waals surface area contributed by atoms with E-state index in [9.17, 15) is 14.2 Å². The number of alkyl halides is 1. The molecule has 0 bridgehead atoms. The van der Waals surface area contributed by atoms with Crippen LogP contribution in [0.1, 0.15) is 26.9 Å². The molecule has 1 N–H and O–H groups in total. The van der Waals surface area contributed by atoms with E-state index in [0.29, 0.717) is 5.56 Å². The quantitative estimate of drug-likeness (QED) is 0.221. The summed E-state index contributed by atoms with van der Waals surface area (Å²) in [5, 5.41) is 2.69. The molecule has 2 aromatic carbocycles. The van der Waals surface area contributed by atoms with Crippen molar-refractivity contribution < 1.29 is 37.1 Å². The van der Waals surface area contributed by atoms with Crippen LogP contribution >= 0.6 is 7.60 Å². The zero-order valence-electron chi connectivity index (χ0n) is 21.9. The highest BCUT2D eigenvalue weighted by molar-refractivity contribution is 7.57. The normalized spacial score (nSPS) is 20.9. The molecule has 0 aliphatic carbocycles. The number of carbonyl (C=O) groups excluding carboxylic acids is 2. The second-order valence-electron chi connectivity index (χ2n) is 8.78. The number of hydrogen-bond acceptors (Lipinski definition) is 10. The first-order chi connectivity index (χ1) is 19.8. The summed E-state index contributed by atoms with van der Waals surface area (Å²) in [7, 11) is -1.24. The van der Waals surface area contributed by atoms with E-state index in [4.69, 9.17) is 18.5 Å². The summed E-state index contributed by atoms with van der Waals surface area (Å²) in [6.45, 7) is 0. The molecule has 1 unspecified atom stereocenters. The number of carbonyl (C=O) groups is 2. The second kappa shape index (κ2) is 12.1. The predicted octanol–water partition coefficient (Wildman–Crippen LogP) is 4.54. The summed E-state index contributed by atoms with van der Waals surface area (Å²) in [5.41, 5.74) is 0.967. The number of nitrogens with one attached hydrogen (secondary N) is 1. The van der Waals surface area contributed by atoms with Crippen LogP contribution in [0.3, 0.4) is 0 Å². The Morgan fingerprint density at radius 3 is 2.32 bits per heavy atom. The van der Waals surface area contributed by atoms with Gasteiger partial charge in [-0.25, -0.2) is 24.1 Å². The average Bonchev–Trinajstić information content (AvgIpc) is 3.58. The highest BCUT2D eigenvalue weighted by Gasteiger charge is 2.48. The van der Waals surface area contributed by atoms with Gasteiger partial charge in [0.25, 0.3) is 5.91 Å². The van der Waals surface area contributed by atoms with Gasteiger partial charge in [-0.05, 0) is 30.3 Å². The molecule has 1 aliphatic rings. The lowest BCUT2D eigenvalue weighted by Crippen LogP contribution is -2.33. The van der Waals surface area contributed by atoms with Gasteiger partial charge in [0.2, 0.25) is 0 Å². The van der Waals surface area contributed by atoms with Crippen LogP contribution in [-0.4, -0.2) is 64.0 Å². The molecule has 0 saturated carbocycles. The number of rotatable bonds is 9. The van der Waals surface area contributed by atoms with Crippen molar-refractivity contribution in [2.45, 2.75) is 24.6 Å². The van der Waals surface area contributed by atoms with Gasteiger partial charge in [-0.1, -0.05) is 36.4 Å². The molecule has 2 aromatic heterocycles. The predicted molar refractivity (Wildman–Crippen MR) is 145 cm³/mol. The Morgan fingerprint density at radius 1 is 1.00 bits per heavy atom. The Hall–Kier alpha value is -4.29. The van der Waals surface area contributed by atoms with E-state index >= 15 is 4.39 Å². The minimum atomic E-state index is -3.64. The second-order valence-corrected chi connectivity index (χ2v) is 10.9. The van der Waals surface area contributed by atoms with Crippen LogP contribution in [0.5, 0.6) is 0 Å². The molecule has 212 valence electrons. The lowest BCUT2D eigenvalue weighted by Gasteiger charge is -2.18. The van der Waals surface area contributed by atoms with Crippen molar-refractivity contribution in [3.8, 4) is 0 Å². The van der Waals surface area contributed by atoms with Gasteiger partial charge < -0.3 is 23.8 Å². The van der Waals surface area contributed by atoms with Crippen molar-refractivity contribution >= 4 is 36.5 Å². The van der Waals surface area contributed by atoms with Gasteiger partial charge in [-0.2, -0.15) is 0 Å². The summed E-state index contributed by atoms with van der Waals surface area (Å²) in [4.78, 5) is 38.1. The molecule has 1 amide bonds. The van der Waals surface area contributed by atoms with E-state index in [1.807, 2.05) is 0 Å². The Labute approximate surface area is 233 Å².